The second kappa shape index (κ2) is 12.2. The highest BCUT2D eigenvalue weighted by Gasteiger charge is 2.26. The third kappa shape index (κ3) is 6.90. The van der Waals surface area contributed by atoms with Gasteiger partial charge >= 0.3 is 0 Å². The number of hydrogen-bond acceptors (Lipinski definition) is 6. The summed E-state index contributed by atoms with van der Waals surface area (Å²) in [5.41, 5.74) is 1.92. The van der Waals surface area contributed by atoms with Gasteiger partial charge in [-0.2, -0.15) is 4.39 Å². The van der Waals surface area contributed by atoms with E-state index in [1.165, 1.54) is 24.9 Å². The molecule has 1 fully saturated rings. The first-order valence-electron chi connectivity index (χ1n) is 10.4. The van der Waals surface area contributed by atoms with Gasteiger partial charge in [0.15, 0.2) is 11.6 Å². The van der Waals surface area contributed by atoms with Gasteiger partial charge in [0.1, 0.15) is 5.03 Å². The maximum atomic E-state index is 12.5. The topological polar surface area (TPSA) is 80.5 Å². The highest BCUT2D eigenvalue weighted by atomic mass is 32.2. The molecule has 1 saturated heterocycles. The molecule has 3 aromatic rings. The average molecular weight is 473 g/mol. The Morgan fingerprint density at radius 3 is 2.67 bits per heavy atom. The fourth-order valence-corrected chi connectivity index (χ4v) is 3.82. The molecule has 1 amide bonds. The lowest BCUT2D eigenvalue weighted by Gasteiger charge is -2.33. The van der Waals surface area contributed by atoms with Crippen LogP contribution in [0.5, 0.6) is 5.75 Å². The fourth-order valence-electron chi connectivity index (χ4n) is 3.50. The Labute approximate surface area is 196 Å². The number of ether oxygens (including phenoxy) is 1. The van der Waals surface area contributed by atoms with Crippen molar-refractivity contribution in [1.82, 2.24) is 4.98 Å². The number of halogens is 2. The van der Waals surface area contributed by atoms with Gasteiger partial charge in [-0.05, 0) is 61.2 Å². The molecule has 0 bridgehead atoms. The van der Waals surface area contributed by atoms with Crippen LogP contribution >= 0.6 is 11.9 Å². The van der Waals surface area contributed by atoms with Gasteiger partial charge in [0.25, 0.3) is 0 Å². The first kappa shape index (κ1) is 24.5. The lowest BCUT2D eigenvalue weighted by atomic mass is 9.96. The first-order chi connectivity index (χ1) is 16.0. The molecule has 0 spiro atoms. The molecule has 174 valence electrons. The minimum Gasteiger partial charge on any atom is -0.494 e. The molecule has 0 radical (unpaired) electrons. The van der Waals surface area contributed by atoms with E-state index in [-0.39, 0.29) is 17.6 Å². The summed E-state index contributed by atoms with van der Waals surface area (Å²) in [5.74, 6) is -1.85. The van der Waals surface area contributed by atoms with Crippen LogP contribution in [0.15, 0.2) is 71.9 Å². The Hall–Kier alpha value is -3.17. The van der Waals surface area contributed by atoms with Gasteiger partial charge in [0.05, 0.1) is 13.0 Å². The van der Waals surface area contributed by atoms with Crippen LogP contribution < -0.4 is 20.1 Å². The molecule has 3 N–H and O–H groups in total. The number of carbonyl (C=O) groups excluding carboxylic acids is 1. The average Bonchev–Trinajstić information content (AvgIpc) is 2.87. The van der Waals surface area contributed by atoms with E-state index in [1.54, 1.807) is 18.3 Å². The van der Waals surface area contributed by atoms with E-state index in [9.17, 15) is 13.6 Å². The number of nitrogens with two attached hydrogens (primary N) is 1. The molecule has 0 saturated carbocycles. The zero-order valence-corrected chi connectivity index (χ0v) is 19.0. The first-order valence-corrected chi connectivity index (χ1v) is 11.3. The van der Waals surface area contributed by atoms with E-state index in [4.69, 9.17) is 5.14 Å². The molecular formula is C24H26F2N4O2S. The van der Waals surface area contributed by atoms with Crippen LogP contribution in [0.4, 0.5) is 20.2 Å². The van der Waals surface area contributed by atoms with Crippen molar-refractivity contribution in [2.45, 2.75) is 17.9 Å². The van der Waals surface area contributed by atoms with Gasteiger partial charge < -0.3 is 15.0 Å². The van der Waals surface area contributed by atoms with Crippen LogP contribution in [-0.4, -0.2) is 31.1 Å². The second-order valence-electron chi connectivity index (χ2n) is 7.37. The molecule has 2 heterocycles. The number of hydrogen-bond donors (Lipinski definition) is 2. The van der Waals surface area contributed by atoms with Crippen LogP contribution in [-0.2, 0) is 4.79 Å². The minimum atomic E-state index is -0.940. The monoisotopic (exact) mass is 472 g/mol. The Kier molecular flexibility index (Phi) is 9.03. The molecule has 1 aromatic heterocycles. The van der Waals surface area contributed by atoms with E-state index < -0.39 is 11.6 Å². The number of amides is 1. The smallest absolute Gasteiger partial charge is 0.229 e. The lowest BCUT2D eigenvalue weighted by Crippen LogP contribution is -2.40. The zero-order chi connectivity index (χ0) is 23.6. The molecule has 1 unspecified atom stereocenters. The van der Waals surface area contributed by atoms with Gasteiger partial charge in [-0.3, -0.25) is 9.93 Å². The summed E-state index contributed by atoms with van der Waals surface area (Å²) >= 11 is 1.07. The number of methoxy groups -OCH3 is 1. The Bertz CT molecular complexity index is 1060. The van der Waals surface area contributed by atoms with Crippen molar-refractivity contribution in [1.29, 1.82) is 0 Å². The third-order valence-corrected chi connectivity index (χ3v) is 5.64. The third-order valence-electron chi connectivity index (χ3n) is 5.17. The zero-order valence-electron chi connectivity index (χ0n) is 18.2. The Morgan fingerprint density at radius 1 is 1.18 bits per heavy atom. The highest BCUT2D eigenvalue weighted by Crippen LogP contribution is 2.24. The van der Waals surface area contributed by atoms with Crippen molar-refractivity contribution in [3.05, 3.63) is 78.5 Å². The van der Waals surface area contributed by atoms with Gasteiger partial charge in [0.2, 0.25) is 11.7 Å². The number of aromatic nitrogens is 1. The maximum absolute atomic E-state index is 12.5. The molecule has 1 aliphatic heterocycles. The van der Waals surface area contributed by atoms with E-state index >= 15 is 0 Å². The molecule has 6 nitrogen and oxygen atoms in total. The highest BCUT2D eigenvalue weighted by molar-refractivity contribution is 7.97. The number of anilines is 2. The van der Waals surface area contributed by atoms with Gasteiger partial charge in [-0.1, -0.05) is 24.3 Å². The predicted molar refractivity (Wildman–Crippen MR) is 127 cm³/mol. The number of nitrogens with zero attached hydrogens (tertiary/aromatic N) is 2. The molecular weight excluding hydrogens is 446 g/mol. The maximum Gasteiger partial charge on any atom is 0.229 e. The summed E-state index contributed by atoms with van der Waals surface area (Å²) in [4.78, 5) is 18.9. The lowest BCUT2D eigenvalue weighted by molar-refractivity contribution is -0.120. The van der Waals surface area contributed by atoms with Crippen LogP contribution in [0.1, 0.15) is 12.8 Å². The quantitative estimate of drug-likeness (QED) is 0.516. The van der Waals surface area contributed by atoms with Gasteiger partial charge in [-0.25, -0.2) is 9.37 Å². The summed E-state index contributed by atoms with van der Waals surface area (Å²) in [6.07, 6.45) is 3.59. The van der Waals surface area contributed by atoms with Crippen molar-refractivity contribution in [2.75, 3.05) is 30.4 Å². The van der Waals surface area contributed by atoms with Crippen LogP contribution in [0, 0.1) is 17.6 Å². The van der Waals surface area contributed by atoms with Crippen molar-refractivity contribution in [3.8, 4) is 5.75 Å². The van der Waals surface area contributed by atoms with E-state index in [0.29, 0.717) is 5.03 Å². The van der Waals surface area contributed by atoms with Crippen molar-refractivity contribution < 1.29 is 18.3 Å². The second-order valence-corrected chi connectivity index (χ2v) is 8.02. The number of pyridine rings is 1. The van der Waals surface area contributed by atoms with E-state index in [0.717, 1.165) is 49.6 Å². The van der Waals surface area contributed by atoms with Gasteiger partial charge in [-0.15, -0.1) is 0 Å². The Balaban J connectivity index is 0.000000257. The minimum absolute atomic E-state index is 0.00824. The summed E-state index contributed by atoms with van der Waals surface area (Å²) in [6, 6.07) is 17.6. The number of piperidine rings is 1. The summed E-state index contributed by atoms with van der Waals surface area (Å²) < 4.78 is 29.3. The molecule has 1 atom stereocenters. The SMILES string of the molecule is COc1cccc(F)c1F.NSc1cc(NC(=O)C2CCCN(c3ccccc3)C2)ccn1. The largest absolute Gasteiger partial charge is 0.494 e. The van der Waals surface area contributed by atoms with Crippen molar-refractivity contribution >= 4 is 29.2 Å². The number of rotatable bonds is 5. The summed E-state index contributed by atoms with van der Waals surface area (Å²) in [7, 11) is 1.29. The molecule has 2 aromatic carbocycles. The molecule has 1 aliphatic rings. The van der Waals surface area contributed by atoms with Crippen molar-refractivity contribution in [2.24, 2.45) is 11.1 Å². The molecule has 9 heteroatoms. The fraction of sp³-hybridized carbons (Fsp3) is 0.250. The Morgan fingerprint density at radius 2 is 1.97 bits per heavy atom. The van der Waals surface area contributed by atoms with Gasteiger partial charge in [0, 0.05) is 30.7 Å². The number of benzene rings is 2. The number of para-hydroxylation sites is 1. The number of nitrogens with one attached hydrogen (secondary N) is 1. The van der Waals surface area contributed by atoms with Crippen molar-refractivity contribution in [3.63, 3.8) is 0 Å². The molecule has 4 rings (SSSR count). The molecule has 0 aliphatic carbocycles. The van der Waals surface area contributed by atoms with Crippen LogP contribution in [0.3, 0.4) is 0 Å². The summed E-state index contributed by atoms with van der Waals surface area (Å²) in [5, 5.41) is 9.19. The van der Waals surface area contributed by atoms with E-state index in [2.05, 4.69) is 32.1 Å². The predicted octanol–water partition coefficient (Wildman–Crippen LogP) is 4.88. The van der Waals surface area contributed by atoms with Crippen LogP contribution in [0.2, 0.25) is 0 Å². The summed E-state index contributed by atoms with van der Waals surface area (Å²) in [6.45, 7) is 1.75. The normalized spacial score (nSPS) is 15.3. The van der Waals surface area contributed by atoms with Crippen LogP contribution in [0.25, 0.3) is 0 Å². The molecule has 33 heavy (non-hydrogen) atoms. The van der Waals surface area contributed by atoms with E-state index in [1.807, 2.05) is 18.2 Å². The number of carbonyl (C=O) groups is 1. The standard InChI is InChI=1S/C17H20N4OS.C7H6F2O/c18-23-16-11-14(8-9-19-16)20-17(22)13-5-4-10-21(12-13)15-6-2-1-3-7-15;1-10-6-4-2-3-5(8)7(6)9/h1-3,6-9,11,13H,4-5,10,12,18H2,(H,19,20,22);2-4H,1H3.